The molecule has 0 bridgehead atoms. The molecule has 3 aliphatic rings. The summed E-state index contributed by atoms with van der Waals surface area (Å²) >= 11 is 0. The van der Waals surface area contributed by atoms with Gasteiger partial charge in [0.15, 0.2) is 0 Å². The van der Waals surface area contributed by atoms with Gasteiger partial charge in [-0.25, -0.2) is 0 Å². The van der Waals surface area contributed by atoms with Gasteiger partial charge in [0.05, 0.1) is 39.6 Å². The maximum absolute atomic E-state index is 10.0. The smallest absolute Gasteiger partial charge is 0.756 e. The Hall–Kier alpha value is 0.862. The predicted octanol–water partition coefficient (Wildman–Crippen LogP) is -1.88. The van der Waals surface area contributed by atoms with Gasteiger partial charge in [-0.05, 0) is 0 Å². The zero-order chi connectivity index (χ0) is 16.0. The summed E-state index contributed by atoms with van der Waals surface area (Å²) in [6, 6.07) is 0. The van der Waals surface area contributed by atoms with Crippen LogP contribution in [0.25, 0.3) is 0 Å². The molecule has 126 valence electrons. The average Bonchev–Trinajstić information content (AvgIpc) is 3.03. The van der Waals surface area contributed by atoms with Crippen molar-refractivity contribution in [3.63, 3.8) is 0 Å². The second-order valence-corrected chi connectivity index (χ2v) is 7.57. The molecule has 0 amide bonds. The molecule has 0 aliphatic carbocycles. The normalized spacial score (nSPS) is 26.9. The monoisotopic (exact) mass is 396 g/mol. The Morgan fingerprint density at radius 2 is 0.636 bits per heavy atom. The van der Waals surface area contributed by atoms with Crippen LogP contribution >= 0.6 is 23.5 Å². The largest absolute Gasteiger partial charge is 3.00 e. The summed E-state index contributed by atoms with van der Waals surface area (Å²) < 4.78 is 54.8. The molecule has 3 rings (SSSR count). The Kier molecular flexibility index (Phi) is 10.4. The predicted molar refractivity (Wildman–Crippen MR) is 64.3 cm³/mol. The van der Waals surface area contributed by atoms with E-state index in [2.05, 4.69) is 27.1 Å². The van der Waals surface area contributed by atoms with Crippen molar-refractivity contribution in [1.29, 1.82) is 0 Å². The Balaban J connectivity index is 0.000000294. The standard InChI is InChI=1S/3C2H5O4P.Al/c3*3-7(4)5-1-2-6-7;/h3*1-2H2,(H,3,4);/q;;;+3/p-3. The van der Waals surface area contributed by atoms with Gasteiger partial charge in [-0.15, -0.1) is 0 Å². The fraction of sp³-hybridized carbons (Fsp3) is 1.00. The molecule has 0 saturated carbocycles. The Morgan fingerprint density at radius 1 is 0.500 bits per heavy atom. The molecule has 3 heterocycles. The van der Waals surface area contributed by atoms with Gasteiger partial charge in [-0.1, -0.05) is 0 Å². The maximum Gasteiger partial charge on any atom is 3.00 e. The number of hydrogen-bond donors (Lipinski definition) is 0. The van der Waals surface area contributed by atoms with Gasteiger partial charge >= 0.3 is 17.4 Å². The van der Waals surface area contributed by atoms with Crippen LogP contribution in [-0.2, 0) is 40.8 Å². The van der Waals surface area contributed by atoms with E-state index in [1.807, 2.05) is 0 Å². The maximum atomic E-state index is 10.0. The third-order valence-corrected chi connectivity index (χ3v) is 4.74. The molecular weight excluding hydrogens is 384 g/mol. The van der Waals surface area contributed by atoms with Gasteiger partial charge in [0.25, 0.3) is 23.5 Å². The van der Waals surface area contributed by atoms with Crippen molar-refractivity contribution in [2.75, 3.05) is 39.6 Å². The first-order valence-corrected chi connectivity index (χ1v) is 9.80. The molecule has 0 aromatic carbocycles. The topological polar surface area (TPSA) is 176 Å². The van der Waals surface area contributed by atoms with Gasteiger partial charge in [-0.3, -0.25) is 13.7 Å². The molecule has 0 spiro atoms. The minimum atomic E-state index is -3.79. The average molecular weight is 396 g/mol. The minimum Gasteiger partial charge on any atom is -0.756 e. The molecular formula is C6H12AlO12P3. The van der Waals surface area contributed by atoms with Crippen LogP contribution in [0.2, 0.25) is 0 Å². The third kappa shape index (κ3) is 10.6. The summed E-state index contributed by atoms with van der Waals surface area (Å²) in [5.41, 5.74) is 0. The molecule has 3 saturated heterocycles. The van der Waals surface area contributed by atoms with Gasteiger partial charge in [0.2, 0.25) is 0 Å². The van der Waals surface area contributed by atoms with E-state index in [0.29, 0.717) is 0 Å². The number of phosphoric acid groups is 3. The fourth-order valence-electron chi connectivity index (χ4n) is 1.01. The fourth-order valence-corrected chi connectivity index (χ4v) is 3.02. The van der Waals surface area contributed by atoms with Crippen LogP contribution in [0.5, 0.6) is 0 Å². The van der Waals surface area contributed by atoms with Gasteiger partial charge in [0.1, 0.15) is 0 Å². The van der Waals surface area contributed by atoms with Crippen LogP contribution in [0.4, 0.5) is 0 Å². The summed E-state index contributed by atoms with van der Waals surface area (Å²) in [5, 5.41) is 0. The van der Waals surface area contributed by atoms with E-state index in [1.54, 1.807) is 0 Å². The summed E-state index contributed by atoms with van der Waals surface area (Å²) in [4.78, 5) is 30.0. The van der Waals surface area contributed by atoms with Crippen LogP contribution in [0.15, 0.2) is 0 Å². The van der Waals surface area contributed by atoms with E-state index >= 15 is 0 Å². The second kappa shape index (κ2) is 9.99. The van der Waals surface area contributed by atoms with Crippen LogP contribution in [0.3, 0.4) is 0 Å². The molecule has 0 atom stereocenters. The molecule has 3 fully saturated rings. The van der Waals surface area contributed by atoms with Crippen molar-refractivity contribution >= 4 is 40.8 Å². The minimum absolute atomic E-state index is 0. The first-order valence-electron chi connectivity index (χ1n) is 5.42. The molecule has 0 aromatic rings. The van der Waals surface area contributed by atoms with Gasteiger partial charge < -0.3 is 41.8 Å². The van der Waals surface area contributed by atoms with E-state index in [0.717, 1.165) is 0 Å². The quantitative estimate of drug-likeness (QED) is 0.330. The number of hydrogen-bond acceptors (Lipinski definition) is 12. The van der Waals surface area contributed by atoms with Crippen LogP contribution < -0.4 is 14.7 Å². The van der Waals surface area contributed by atoms with E-state index in [-0.39, 0.29) is 57.0 Å². The number of rotatable bonds is 0. The SMILES string of the molecule is O=P1([O-])OCCO1.O=P1([O-])OCCO1.O=P1([O-])OCCO1.[Al+3]. The van der Waals surface area contributed by atoms with Crippen molar-refractivity contribution in [1.82, 2.24) is 0 Å². The van der Waals surface area contributed by atoms with E-state index < -0.39 is 23.5 Å². The summed E-state index contributed by atoms with van der Waals surface area (Å²) in [7, 11) is -11.4. The Morgan fingerprint density at radius 3 is 0.682 bits per heavy atom. The first kappa shape index (κ1) is 22.9. The van der Waals surface area contributed by atoms with Gasteiger partial charge in [-0.2, -0.15) is 0 Å². The molecule has 0 aromatic heterocycles. The first-order chi connectivity index (χ1) is 9.62. The van der Waals surface area contributed by atoms with Crippen LogP contribution in [0, 0.1) is 0 Å². The van der Waals surface area contributed by atoms with Crippen molar-refractivity contribution in [3.05, 3.63) is 0 Å². The summed E-state index contributed by atoms with van der Waals surface area (Å²) in [6.07, 6.45) is 0. The van der Waals surface area contributed by atoms with E-state index in [1.165, 1.54) is 0 Å². The van der Waals surface area contributed by atoms with Crippen molar-refractivity contribution in [2.45, 2.75) is 0 Å². The van der Waals surface area contributed by atoms with Crippen molar-refractivity contribution in [3.8, 4) is 0 Å². The summed E-state index contributed by atoms with van der Waals surface area (Å²) in [5.74, 6) is 0. The molecule has 0 N–H and O–H groups in total. The van der Waals surface area contributed by atoms with Crippen molar-refractivity contribution in [2.24, 2.45) is 0 Å². The van der Waals surface area contributed by atoms with Gasteiger partial charge in [0, 0.05) is 0 Å². The Labute approximate surface area is 136 Å². The number of phosphoric ester groups is 3. The van der Waals surface area contributed by atoms with Crippen molar-refractivity contribution < 1.29 is 55.5 Å². The zero-order valence-corrected chi connectivity index (χ0v) is 14.9. The Bertz CT molecular complexity index is 373. The molecule has 16 heteroatoms. The molecule has 3 aliphatic heterocycles. The molecule has 0 unspecified atom stereocenters. The second-order valence-electron chi connectivity index (χ2n) is 3.34. The third-order valence-electron chi connectivity index (χ3n) is 1.75. The summed E-state index contributed by atoms with van der Waals surface area (Å²) in [6.45, 7) is 1.00. The van der Waals surface area contributed by atoms with E-state index in [4.69, 9.17) is 0 Å². The molecule has 0 radical (unpaired) electrons. The molecule has 12 nitrogen and oxygen atoms in total. The van der Waals surface area contributed by atoms with E-state index in [9.17, 15) is 28.4 Å². The van der Waals surface area contributed by atoms with Crippen LogP contribution in [0.1, 0.15) is 0 Å². The zero-order valence-electron chi connectivity index (χ0n) is 11.1. The molecule has 22 heavy (non-hydrogen) atoms. The van der Waals surface area contributed by atoms with Crippen LogP contribution in [-0.4, -0.2) is 57.0 Å².